The molecule has 2 aromatic rings. The van der Waals surface area contributed by atoms with E-state index >= 15 is 0 Å². The lowest BCUT2D eigenvalue weighted by atomic mass is 10.0. The Kier molecular flexibility index (Phi) is 5.35. The van der Waals surface area contributed by atoms with Crippen LogP contribution in [-0.4, -0.2) is 11.5 Å². The van der Waals surface area contributed by atoms with Crippen LogP contribution >= 0.6 is 27.3 Å². The van der Waals surface area contributed by atoms with Gasteiger partial charge in [-0.2, -0.15) is 0 Å². The van der Waals surface area contributed by atoms with E-state index < -0.39 is 0 Å². The molecule has 1 aromatic carbocycles. The molecule has 0 saturated carbocycles. The molecule has 1 heterocycles. The summed E-state index contributed by atoms with van der Waals surface area (Å²) >= 11 is 5.37. The van der Waals surface area contributed by atoms with Crippen molar-refractivity contribution in [1.29, 1.82) is 0 Å². The van der Waals surface area contributed by atoms with Gasteiger partial charge in [0.05, 0.1) is 11.7 Å². The number of thiazole rings is 1. The molecule has 2 rings (SSSR count). The number of halogens is 1. The Balaban J connectivity index is 2.41. The molecule has 0 bridgehead atoms. The van der Waals surface area contributed by atoms with Gasteiger partial charge in [0, 0.05) is 9.35 Å². The van der Waals surface area contributed by atoms with E-state index in [0.717, 1.165) is 17.4 Å². The molecular formula is C16H21BrN2S. The van der Waals surface area contributed by atoms with Gasteiger partial charge in [-0.3, -0.25) is 0 Å². The number of hydrogen-bond acceptors (Lipinski definition) is 3. The molecule has 0 spiro atoms. The third-order valence-corrected chi connectivity index (χ3v) is 5.38. The molecule has 0 amide bonds. The first-order valence-electron chi connectivity index (χ1n) is 7.02. The minimum atomic E-state index is 0.191. The first-order chi connectivity index (χ1) is 9.56. The number of hydrogen-bond donors (Lipinski definition) is 1. The highest BCUT2D eigenvalue weighted by molar-refractivity contribution is 9.10. The van der Waals surface area contributed by atoms with E-state index in [-0.39, 0.29) is 6.04 Å². The largest absolute Gasteiger partial charge is 0.305 e. The summed E-state index contributed by atoms with van der Waals surface area (Å²) in [5.74, 6) is 0. The summed E-state index contributed by atoms with van der Waals surface area (Å²) in [6.45, 7) is 9.52. The molecule has 1 atom stereocenters. The van der Waals surface area contributed by atoms with Gasteiger partial charge in [0.1, 0.15) is 5.01 Å². The number of rotatable bonds is 5. The summed E-state index contributed by atoms with van der Waals surface area (Å²) in [5, 5.41) is 4.73. The molecule has 0 saturated heterocycles. The van der Waals surface area contributed by atoms with Gasteiger partial charge in [0.2, 0.25) is 0 Å². The van der Waals surface area contributed by atoms with Gasteiger partial charge in [0.25, 0.3) is 0 Å². The number of aryl methyl sites for hydroxylation is 3. The summed E-state index contributed by atoms with van der Waals surface area (Å²) in [6.07, 6.45) is 1.00. The first kappa shape index (κ1) is 15.7. The van der Waals surface area contributed by atoms with Crippen LogP contribution in [0.2, 0.25) is 0 Å². The summed E-state index contributed by atoms with van der Waals surface area (Å²) in [7, 11) is 0. The SMILES string of the molecule is CCNC(c1ccc(Br)c(C)c1)c1nc(CC)c(C)s1. The Hall–Kier alpha value is -0.710. The van der Waals surface area contributed by atoms with E-state index in [0.29, 0.717) is 0 Å². The normalized spacial score (nSPS) is 12.7. The third-order valence-electron chi connectivity index (χ3n) is 3.41. The van der Waals surface area contributed by atoms with Crippen LogP contribution in [0.1, 0.15) is 46.6 Å². The second kappa shape index (κ2) is 6.83. The number of aromatic nitrogens is 1. The van der Waals surface area contributed by atoms with Crippen molar-refractivity contribution in [3.05, 3.63) is 49.4 Å². The van der Waals surface area contributed by atoms with Crippen molar-refractivity contribution in [3.8, 4) is 0 Å². The smallest absolute Gasteiger partial charge is 0.115 e. The molecule has 4 heteroatoms. The molecule has 0 fully saturated rings. The van der Waals surface area contributed by atoms with Crippen LogP contribution in [0.15, 0.2) is 22.7 Å². The zero-order valence-electron chi connectivity index (χ0n) is 12.5. The molecule has 2 nitrogen and oxygen atoms in total. The topological polar surface area (TPSA) is 24.9 Å². The second-order valence-electron chi connectivity index (χ2n) is 4.91. The monoisotopic (exact) mass is 352 g/mol. The predicted molar refractivity (Wildman–Crippen MR) is 90.6 cm³/mol. The number of benzene rings is 1. The van der Waals surface area contributed by atoms with Gasteiger partial charge in [-0.15, -0.1) is 11.3 Å². The van der Waals surface area contributed by atoms with Gasteiger partial charge >= 0.3 is 0 Å². The fourth-order valence-electron chi connectivity index (χ4n) is 2.30. The molecule has 20 heavy (non-hydrogen) atoms. The average molecular weight is 353 g/mol. The van der Waals surface area contributed by atoms with Crippen molar-refractivity contribution in [2.24, 2.45) is 0 Å². The van der Waals surface area contributed by atoms with Gasteiger partial charge < -0.3 is 5.32 Å². The van der Waals surface area contributed by atoms with Crippen LogP contribution in [0, 0.1) is 13.8 Å². The lowest BCUT2D eigenvalue weighted by Crippen LogP contribution is -2.22. The Morgan fingerprint density at radius 3 is 2.60 bits per heavy atom. The van der Waals surface area contributed by atoms with E-state index in [4.69, 9.17) is 4.98 Å². The quantitative estimate of drug-likeness (QED) is 0.836. The van der Waals surface area contributed by atoms with Crippen LogP contribution < -0.4 is 5.32 Å². The minimum Gasteiger partial charge on any atom is -0.305 e. The molecule has 108 valence electrons. The Morgan fingerprint density at radius 2 is 2.05 bits per heavy atom. The fraction of sp³-hybridized carbons (Fsp3) is 0.438. The summed E-state index contributed by atoms with van der Waals surface area (Å²) in [6, 6.07) is 6.72. The van der Waals surface area contributed by atoms with E-state index in [1.807, 2.05) is 0 Å². The van der Waals surface area contributed by atoms with Crippen molar-refractivity contribution in [1.82, 2.24) is 10.3 Å². The zero-order valence-corrected chi connectivity index (χ0v) is 14.9. The highest BCUT2D eigenvalue weighted by Gasteiger charge is 2.18. The lowest BCUT2D eigenvalue weighted by Gasteiger charge is -2.17. The van der Waals surface area contributed by atoms with E-state index in [1.54, 1.807) is 11.3 Å². The fourth-order valence-corrected chi connectivity index (χ4v) is 3.66. The zero-order chi connectivity index (χ0) is 14.7. The van der Waals surface area contributed by atoms with Gasteiger partial charge in [0.15, 0.2) is 0 Å². The van der Waals surface area contributed by atoms with Crippen LogP contribution in [0.25, 0.3) is 0 Å². The predicted octanol–water partition coefficient (Wildman–Crippen LogP) is 4.78. The molecule has 0 radical (unpaired) electrons. The highest BCUT2D eigenvalue weighted by atomic mass is 79.9. The van der Waals surface area contributed by atoms with Crippen LogP contribution in [0.3, 0.4) is 0 Å². The van der Waals surface area contributed by atoms with Gasteiger partial charge in [-0.25, -0.2) is 4.98 Å². The molecule has 1 aromatic heterocycles. The van der Waals surface area contributed by atoms with Crippen molar-refractivity contribution in [2.45, 2.75) is 40.2 Å². The third kappa shape index (κ3) is 3.30. The van der Waals surface area contributed by atoms with Gasteiger partial charge in [-0.1, -0.05) is 41.9 Å². The molecule has 0 aliphatic carbocycles. The Morgan fingerprint density at radius 1 is 1.30 bits per heavy atom. The molecule has 0 aliphatic rings. The standard InChI is InChI=1S/C16H21BrN2S/c1-5-14-11(4)20-16(19-14)15(18-6-2)12-7-8-13(17)10(3)9-12/h7-9,15,18H,5-6H2,1-4H3. The van der Waals surface area contributed by atoms with Crippen molar-refractivity contribution < 1.29 is 0 Å². The van der Waals surface area contributed by atoms with Crippen LogP contribution in [0.4, 0.5) is 0 Å². The van der Waals surface area contributed by atoms with E-state index in [2.05, 4.69) is 67.1 Å². The molecule has 1 N–H and O–H groups in total. The molecule has 1 unspecified atom stereocenters. The maximum Gasteiger partial charge on any atom is 0.115 e. The maximum absolute atomic E-state index is 4.82. The van der Waals surface area contributed by atoms with Crippen molar-refractivity contribution in [3.63, 3.8) is 0 Å². The second-order valence-corrected chi connectivity index (χ2v) is 7.00. The van der Waals surface area contributed by atoms with Crippen LogP contribution in [0.5, 0.6) is 0 Å². The number of nitrogens with one attached hydrogen (secondary N) is 1. The number of nitrogens with zero attached hydrogens (tertiary/aromatic N) is 1. The summed E-state index contributed by atoms with van der Waals surface area (Å²) < 4.78 is 1.15. The first-order valence-corrected chi connectivity index (χ1v) is 8.63. The summed E-state index contributed by atoms with van der Waals surface area (Å²) in [4.78, 5) is 6.15. The lowest BCUT2D eigenvalue weighted by molar-refractivity contribution is 0.625. The van der Waals surface area contributed by atoms with Gasteiger partial charge in [-0.05, 0) is 44.0 Å². The Bertz CT molecular complexity index is 592. The maximum atomic E-state index is 4.82. The highest BCUT2D eigenvalue weighted by Crippen LogP contribution is 2.30. The Labute approximate surface area is 133 Å². The van der Waals surface area contributed by atoms with E-state index in [1.165, 1.54) is 26.7 Å². The molecule has 0 aliphatic heterocycles. The van der Waals surface area contributed by atoms with Crippen LogP contribution in [-0.2, 0) is 6.42 Å². The summed E-state index contributed by atoms with van der Waals surface area (Å²) in [5.41, 5.74) is 3.76. The molecular weight excluding hydrogens is 332 g/mol. The van der Waals surface area contributed by atoms with E-state index in [9.17, 15) is 0 Å². The van der Waals surface area contributed by atoms with Crippen molar-refractivity contribution in [2.75, 3.05) is 6.54 Å². The minimum absolute atomic E-state index is 0.191. The van der Waals surface area contributed by atoms with Crippen molar-refractivity contribution >= 4 is 27.3 Å². The average Bonchev–Trinajstić information content (AvgIpc) is 2.80.